The van der Waals surface area contributed by atoms with Crippen LogP contribution in [-0.4, -0.2) is 12.1 Å². The molecule has 4 heteroatoms. The van der Waals surface area contributed by atoms with Gasteiger partial charge in [-0.05, 0) is 37.5 Å². The van der Waals surface area contributed by atoms with E-state index in [0.29, 0.717) is 6.42 Å². The number of nitriles is 1. The van der Waals surface area contributed by atoms with Crippen molar-refractivity contribution in [3.05, 3.63) is 29.6 Å². The largest absolute Gasteiger partial charge is 0.473 e. The normalized spacial score (nSPS) is 13.8. The van der Waals surface area contributed by atoms with Gasteiger partial charge in [-0.25, -0.2) is 4.39 Å². The molecular weight excluding hydrogens is 219 g/mol. The Hall–Kier alpha value is -1.60. The molecule has 0 aliphatic rings. The van der Waals surface area contributed by atoms with E-state index in [4.69, 9.17) is 15.7 Å². The molecule has 0 fully saturated rings. The number of hydrogen-bond acceptors (Lipinski definition) is 3. The van der Waals surface area contributed by atoms with Gasteiger partial charge in [0.2, 0.25) is 0 Å². The number of benzene rings is 1. The lowest BCUT2D eigenvalue weighted by Crippen LogP contribution is -2.21. The second kappa shape index (κ2) is 6.21. The van der Waals surface area contributed by atoms with Gasteiger partial charge in [0.25, 0.3) is 0 Å². The van der Waals surface area contributed by atoms with E-state index >= 15 is 0 Å². The van der Waals surface area contributed by atoms with Crippen molar-refractivity contribution in [2.45, 2.75) is 38.8 Å². The summed E-state index contributed by atoms with van der Waals surface area (Å²) in [6.07, 6.45) is 0.834. The Bertz CT molecular complexity index is 414. The summed E-state index contributed by atoms with van der Waals surface area (Å²) >= 11 is 0. The summed E-state index contributed by atoms with van der Waals surface area (Å²) in [5, 5.41) is 8.58. The maximum absolute atomic E-state index is 13.6. The first kappa shape index (κ1) is 13.5. The molecule has 0 radical (unpaired) electrons. The first-order chi connectivity index (χ1) is 8.06. The van der Waals surface area contributed by atoms with Gasteiger partial charge in [-0.1, -0.05) is 13.0 Å². The number of hydrogen-bond donors (Lipinski definition) is 1. The SMILES string of the molecule is CCC(N)Cc1ccc(OC(C)C#N)c(F)c1. The molecule has 1 aromatic rings. The lowest BCUT2D eigenvalue weighted by Gasteiger charge is -2.12. The fourth-order valence-electron chi connectivity index (χ4n) is 1.43. The molecule has 17 heavy (non-hydrogen) atoms. The summed E-state index contributed by atoms with van der Waals surface area (Å²) in [7, 11) is 0. The predicted molar refractivity (Wildman–Crippen MR) is 64.1 cm³/mol. The fourth-order valence-corrected chi connectivity index (χ4v) is 1.43. The minimum absolute atomic E-state index is 0.0409. The van der Waals surface area contributed by atoms with E-state index in [2.05, 4.69) is 0 Å². The highest BCUT2D eigenvalue weighted by molar-refractivity contribution is 5.30. The molecule has 0 aliphatic carbocycles. The van der Waals surface area contributed by atoms with Crippen LogP contribution in [0.3, 0.4) is 0 Å². The molecule has 0 spiro atoms. The molecule has 0 saturated heterocycles. The van der Waals surface area contributed by atoms with E-state index in [-0.39, 0.29) is 11.8 Å². The molecule has 2 atom stereocenters. The molecule has 0 aromatic heterocycles. The van der Waals surface area contributed by atoms with Gasteiger partial charge < -0.3 is 10.5 Å². The molecule has 1 rings (SSSR count). The van der Waals surface area contributed by atoms with Gasteiger partial charge >= 0.3 is 0 Å². The predicted octanol–water partition coefficient (Wildman–Crippen LogP) is 2.40. The van der Waals surface area contributed by atoms with Gasteiger partial charge in [-0.15, -0.1) is 0 Å². The fraction of sp³-hybridized carbons (Fsp3) is 0.462. The lowest BCUT2D eigenvalue weighted by atomic mass is 10.0. The van der Waals surface area contributed by atoms with E-state index in [1.54, 1.807) is 19.1 Å². The zero-order chi connectivity index (χ0) is 12.8. The second-order valence-electron chi connectivity index (χ2n) is 4.03. The zero-order valence-electron chi connectivity index (χ0n) is 10.1. The van der Waals surface area contributed by atoms with Crippen LogP contribution in [0.1, 0.15) is 25.8 Å². The van der Waals surface area contributed by atoms with E-state index in [1.165, 1.54) is 6.07 Å². The quantitative estimate of drug-likeness (QED) is 0.854. The Morgan fingerprint density at radius 1 is 1.53 bits per heavy atom. The van der Waals surface area contributed by atoms with E-state index < -0.39 is 11.9 Å². The Balaban J connectivity index is 2.76. The van der Waals surface area contributed by atoms with Crippen molar-refractivity contribution in [1.29, 1.82) is 5.26 Å². The molecule has 92 valence electrons. The van der Waals surface area contributed by atoms with Crippen LogP contribution >= 0.6 is 0 Å². The van der Waals surface area contributed by atoms with Crippen molar-refractivity contribution in [2.75, 3.05) is 0 Å². The Morgan fingerprint density at radius 3 is 2.76 bits per heavy atom. The molecule has 0 aliphatic heterocycles. The van der Waals surface area contributed by atoms with Crippen LogP contribution in [0.5, 0.6) is 5.75 Å². The van der Waals surface area contributed by atoms with Gasteiger partial charge in [0.05, 0.1) is 0 Å². The number of nitrogens with two attached hydrogens (primary N) is 1. The van der Waals surface area contributed by atoms with Crippen LogP contribution in [0.2, 0.25) is 0 Å². The number of nitrogens with zero attached hydrogens (tertiary/aromatic N) is 1. The number of halogens is 1. The highest BCUT2D eigenvalue weighted by Gasteiger charge is 2.09. The van der Waals surface area contributed by atoms with Gasteiger partial charge in [-0.2, -0.15) is 5.26 Å². The van der Waals surface area contributed by atoms with Crippen molar-refractivity contribution < 1.29 is 9.13 Å². The maximum Gasteiger partial charge on any atom is 0.181 e. The third-order valence-corrected chi connectivity index (χ3v) is 2.50. The molecule has 3 nitrogen and oxygen atoms in total. The lowest BCUT2D eigenvalue weighted by molar-refractivity contribution is 0.263. The van der Waals surface area contributed by atoms with Crippen molar-refractivity contribution in [3.63, 3.8) is 0 Å². The van der Waals surface area contributed by atoms with Crippen molar-refractivity contribution in [1.82, 2.24) is 0 Å². The van der Waals surface area contributed by atoms with E-state index in [9.17, 15) is 4.39 Å². The van der Waals surface area contributed by atoms with Gasteiger partial charge in [0.1, 0.15) is 6.07 Å². The standard InChI is InChI=1S/C13H17FN2O/c1-3-11(16)6-10-4-5-13(12(14)7-10)17-9(2)8-15/h4-5,7,9,11H,3,6,16H2,1-2H3. The minimum Gasteiger partial charge on any atom is -0.473 e. The Kier molecular flexibility index (Phi) is 4.92. The Morgan fingerprint density at radius 2 is 2.24 bits per heavy atom. The van der Waals surface area contributed by atoms with Crippen LogP contribution in [0.15, 0.2) is 18.2 Å². The molecule has 0 saturated carbocycles. The summed E-state index contributed by atoms with van der Waals surface area (Å²) in [4.78, 5) is 0. The van der Waals surface area contributed by atoms with Gasteiger partial charge in [0, 0.05) is 6.04 Å². The first-order valence-electron chi connectivity index (χ1n) is 5.67. The summed E-state index contributed by atoms with van der Waals surface area (Å²) < 4.78 is 18.7. The van der Waals surface area contributed by atoms with Crippen molar-refractivity contribution in [3.8, 4) is 11.8 Å². The number of ether oxygens (including phenoxy) is 1. The third-order valence-electron chi connectivity index (χ3n) is 2.50. The monoisotopic (exact) mass is 236 g/mol. The molecule has 2 N–H and O–H groups in total. The molecule has 0 heterocycles. The minimum atomic E-state index is -0.659. The Labute approximate surface area is 101 Å². The summed E-state index contributed by atoms with van der Waals surface area (Å²) in [6, 6.07) is 6.66. The first-order valence-corrected chi connectivity index (χ1v) is 5.67. The van der Waals surface area contributed by atoms with Crippen molar-refractivity contribution >= 4 is 0 Å². The van der Waals surface area contributed by atoms with Crippen LogP contribution in [0, 0.1) is 17.1 Å². The molecule has 1 aromatic carbocycles. The summed E-state index contributed by atoms with van der Waals surface area (Å²) in [5.41, 5.74) is 6.64. The van der Waals surface area contributed by atoms with E-state index in [1.807, 2.05) is 13.0 Å². The zero-order valence-corrected chi connectivity index (χ0v) is 10.1. The topological polar surface area (TPSA) is 59.0 Å². The van der Waals surface area contributed by atoms with Crippen LogP contribution < -0.4 is 10.5 Å². The smallest absolute Gasteiger partial charge is 0.181 e. The average Bonchev–Trinajstić information content (AvgIpc) is 2.32. The summed E-state index contributed by atoms with van der Waals surface area (Å²) in [5.74, 6) is -0.347. The van der Waals surface area contributed by atoms with Gasteiger partial charge in [0.15, 0.2) is 17.7 Å². The van der Waals surface area contributed by atoms with Crippen molar-refractivity contribution in [2.24, 2.45) is 5.73 Å². The average molecular weight is 236 g/mol. The molecule has 0 amide bonds. The van der Waals surface area contributed by atoms with Crippen LogP contribution in [0.4, 0.5) is 4.39 Å². The van der Waals surface area contributed by atoms with E-state index in [0.717, 1.165) is 12.0 Å². The molecular formula is C13H17FN2O. The number of rotatable bonds is 5. The molecule has 2 unspecified atom stereocenters. The summed E-state index contributed by atoms with van der Waals surface area (Å²) in [6.45, 7) is 3.56. The third kappa shape index (κ3) is 4.04. The van der Waals surface area contributed by atoms with Gasteiger partial charge in [-0.3, -0.25) is 0 Å². The van der Waals surface area contributed by atoms with Crippen LogP contribution in [-0.2, 0) is 6.42 Å². The second-order valence-corrected chi connectivity index (χ2v) is 4.03. The highest BCUT2D eigenvalue weighted by Crippen LogP contribution is 2.20. The maximum atomic E-state index is 13.6. The van der Waals surface area contributed by atoms with Crippen LogP contribution in [0.25, 0.3) is 0 Å². The molecule has 0 bridgehead atoms. The highest BCUT2D eigenvalue weighted by atomic mass is 19.1.